The second-order valence-corrected chi connectivity index (χ2v) is 6.16. The molecule has 0 aliphatic carbocycles. The third-order valence-corrected chi connectivity index (χ3v) is 2.81. The van der Waals surface area contributed by atoms with Gasteiger partial charge in [0.2, 0.25) is 0 Å². The van der Waals surface area contributed by atoms with Crippen LogP contribution >= 0.6 is 0 Å². The van der Waals surface area contributed by atoms with Crippen molar-refractivity contribution in [2.45, 2.75) is 72.9 Å². The molecule has 2 heteroatoms. The largest absolute Gasteiger partial charge is 0.309 e. The average molecular weight is 213 g/mol. The van der Waals surface area contributed by atoms with Crippen LogP contribution in [0, 0.1) is 5.41 Å². The summed E-state index contributed by atoms with van der Waals surface area (Å²) in [6.07, 6.45) is 1.53. The summed E-state index contributed by atoms with van der Waals surface area (Å²) in [5, 5.41) is 3.43. The molecule has 0 aromatic heterocycles. The molecule has 0 heterocycles. The molecular weight excluding hydrogens is 186 g/mol. The average Bonchev–Trinajstić information content (AvgIpc) is 2.00. The van der Waals surface area contributed by atoms with Gasteiger partial charge in [-0.05, 0) is 34.1 Å². The number of hydrogen-bond acceptors (Lipinski definition) is 2. The van der Waals surface area contributed by atoms with E-state index in [2.05, 4.69) is 39.9 Å². The Labute approximate surface area is 94.8 Å². The minimum Gasteiger partial charge on any atom is -0.309 e. The van der Waals surface area contributed by atoms with Crippen LogP contribution in [0.1, 0.15) is 61.3 Å². The highest BCUT2D eigenvalue weighted by atomic mass is 16.1. The van der Waals surface area contributed by atoms with Gasteiger partial charge in [0, 0.05) is 23.4 Å². The molecule has 0 rings (SSSR count). The maximum absolute atomic E-state index is 12.0. The van der Waals surface area contributed by atoms with Crippen molar-refractivity contribution < 1.29 is 4.79 Å². The van der Waals surface area contributed by atoms with Crippen molar-refractivity contribution in [3.63, 3.8) is 0 Å². The first-order valence-corrected chi connectivity index (χ1v) is 5.89. The number of rotatable bonds is 5. The van der Waals surface area contributed by atoms with Crippen LogP contribution in [0.25, 0.3) is 0 Å². The highest BCUT2D eigenvalue weighted by molar-refractivity contribution is 5.84. The maximum Gasteiger partial charge on any atom is 0.140 e. The van der Waals surface area contributed by atoms with E-state index >= 15 is 0 Å². The SMILES string of the molecule is CCC(C)(C)C(=O)CC(C)NC(C)(C)C. The van der Waals surface area contributed by atoms with Gasteiger partial charge >= 0.3 is 0 Å². The number of ketones is 1. The maximum atomic E-state index is 12.0. The van der Waals surface area contributed by atoms with Crippen LogP contribution in [-0.2, 0) is 4.79 Å². The van der Waals surface area contributed by atoms with E-state index in [4.69, 9.17) is 0 Å². The van der Waals surface area contributed by atoms with Crippen LogP contribution in [0.4, 0.5) is 0 Å². The third kappa shape index (κ3) is 5.93. The summed E-state index contributed by atoms with van der Waals surface area (Å²) in [5.74, 6) is 0.356. The van der Waals surface area contributed by atoms with Gasteiger partial charge in [-0.1, -0.05) is 20.8 Å². The molecule has 0 aliphatic rings. The smallest absolute Gasteiger partial charge is 0.140 e. The second-order valence-electron chi connectivity index (χ2n) is 6.16. The van der Waals surface area contributed by atoms with Crippen LogP contribution < -0.4 is 5.32 Å². The Hall–Kier alpha value is -0.370. The van der Waals surface area contributed by atoms with Crippen LogP contribution in [0.3, 0.4) is 0 Å². The Morgan fingerprint density at radius 3 is 2.00 bits per heavy atom. The second kappa shape index (κ2) is 5.11. The Balaban J connectivity index is 4.20. The lowest BCUT2D eigenvalue weighted by Crippen LogP contribution is -2.44. The molecule has 0 aromatic carbocycles. The van der Waals surface area contributed by atoms with Gasteiger partial charge < -0.3 is 5.32 Å². The quantitative estimate of drug-likeness (QED) is 0.760. The first-order chi connectivity index (χ1) is 6.58. The van der Waals surface area contributed by atoms with Crippen LogP contribution in [-0.4, -0.2) is 17.4 Å². The van der Waals surface area contributed by atoms with Gasteiger partial charge in [-0.25, -0.2) is 0 Å². The van der Waals surface area contributed by atoms with E-state index < -0.39 is 0 Å². The van der Waals surface area contributed by atoms with Crippen molar-refractivity contribution in [2.75, 3.05) is 0 Å². The molecule has 0 fully saturated rings. The topological polar surface area (TPSA) is 29.1 Å². The van der Waals surface area contributed by atoms with E-state index in [1.807, 2.05) is 13.8 Å². The number of hydrogen-bond donors (Lipinski definition) is 1. The minimum atomic E-state index is -0.173. The van der Waals surface area contributed by atoms with E-state index in [9.17, 15) is 4.79 Å². The molecule has 90 valence electrons. The fraction of sp³-hybridized carbons (Fsp3) is 0.923. The molecule has 0 aliphatic heterocycles. The van der Waals surface area contributed by atoms with Gasteiger partial charge in [0.25, 0.3) is 0 Å². The summed E-state index contributed by atoms with van der Waals surface area (Å²) in [4.78, 5) is 12.0. The van der Waals surface area contributed by atoms with Gasteiger partial charge in [-0.3, -0.25) is 4.79 Å². The van der Waals surface area contributed by atoms with Crippen molar-refractivity contribution in [2.24, 2.45) is 5.41 Å². The lowest BCUT2D eigenvalue weighted by atomic mass is 9.82. The van der Waals surface area contributed by atoms with Gasteiger partial charge in [0.05, 0.1) is 0 Å². The molecule has 15 heavy (non-hydrogen) atoms. The minimum absolute atomic E-state index is 0.0794. The summed E-state index contributed by atoms with van der Waals surface area (Å²) in [6.45, 7) is 14.6. The van der Waals surface area contributed by atoms with Gasteiger partial charge in [-0.2, -0.15) is 0 Å². The predicted molar refractivity (Wildman–Crippen MR) is 66.0 cm³/mol. The number of Topliss-reactive ketones (excluding diaryl/α,β-unsaturated/α-hetero) is 1. The molecule has 0 radical (unpaired) electrons. The van der Waals surface area contributed by atoms with E-state index in [-0.39, 0.29) is 17.0 Å². The molecule has 0 saturated heterocycles. The number of carbonyl (C=O) groups excluding carboxylic acids is 1. The van der Waals surface area contributed by atoms with Crippen molar-refractivity contribution in [1.82, 2.24) is 5.32 Å². The number of nitrogens with one attached hydrogen (secondary N) is 1. The standard InChI is InChI=1S/C13H27NO/c1-8-13(6,7)11(15)9-10(2)14-12(3,4)5/h10,14H,8-9H2,1-7H3. The highest BCUT2D eigenvalue weighted by Gasteiger charge is 2.27. The Morgan fingerprint density at radius 2 is 1.67 bits per heavy atom. The van der Waals surface area contributed by atoms with Crippen LogP contribution in [0.2, 0.25) is 0 Å². The third-order valence-electron chi connectivity index (χ3n) is 2.81. The fourth-order valence-electron chi connectivity index (χ4n) is 1.54. The highest BCUT2D eigenvalue weighted by Crippen LogP contribution is 2.23. The fourth-order valence-corrected chi connectivity index (χ4v) is 1.54. The van der Waals surface area contributed by atoms with E-state index in [1.54, 1.807) is 0 Å². The summed E-state index contributed by atoms with van der Waals surface area (Å²) in [5.41, 5.74) is -0.0934. The summed E-state index contributed by atoms with van der Waals surface area (Å²) < 4.78 is 0. The Bertz CT molecular complexity index is 213. The predicted octanol–water partition coefficient (Wildman–Crippen LogP) is 3.16. The monoisotopic (exact) mass is 213 g/mol. The summed E-state index contributed by atoms with van der Waals surface area (Å²) >= 11 is 0. The van der Waals surface area contributed by atoms with E-state index in [0.29, 0.717) is 12.2 Å². The zero-order chi connectivity index (χ0) is 12.3. The van der Waals surface area contributed by atoms with Gasteiger partial charge in [0.1, 0.15) is 5.78 Å². The molecular formula is C13H27NO. The Kier molecular flexibility index (Phi) is 4.98. The molecule has 0 amide bonds. The molecule has 1 atom stereocenters. The van der Waals surface area contributed by atoms with Gasteiger partial charge in [0.15, 0.2) is 0 Å². The molecule has 1 unspecified atom stereocenters. The van der Waals surface area contributed by atoms with Crippen LogP contribution in [0.5, 0.6) is 0 Å². The number of carbonyl (C=O) groups is 1. The molecule has 0 spiro atoms. The Morgan fingerprint density at radius 1 is 1.20 bits per heavy atom. The first kappa shape index (κ1) is 14.6. The lowest BCUT2D eigenvalue weighted by Gasteiger charge is -2.28. The summed E-state index contributed by atoms with van der Waals surface area (Å²) in [6, 6.07) is 0.253. The zero-order valence-corrected chi connectivity index (χ0v) is 11.4. The van der Waals surface area contributed by atoms with Gasteiger partial charge in [-0.15, -0.1) is 0 Å². The van der Waals surface area contributed by atoms with Crippen molar-refractivity contribution >= 4 is 5.78 Å². The first-order valence-electron chi connectivity index (χ1n) is 5.89. The molecule has 2 nitrogen and oxygen atoms in total. The van der Waals surface area contributed by atoms with E-state index in [1.165, 1.54) is 0 Å². The molecule has 0 bridgehead atoms. The normalized spacial score (nSPS) is 15.1. The molecule has 0 aromatic rings. The molecule has 0 saturated carbocycles. The van der Waals surface area contributed by atoms with E-state index in [0.717, 1.165) is 6.42 Å². The summed E-state index contributed by atoms with van der Waals surface area (Å²) in [7, 11) is 0. The lowest BCUT2D eigenvalue weighted by molar-refractivity contribution is -0.127. The molecule has 1 N–H and O–H groups in total. The van der Waals surface area contributed by atoms with Crippen molar-refractivity contribution in [3.8, 4) is 0 Å². The van der Waals surface area contributed by atoms with Crippen LogP contribution in [0.15, 0.2) is 0 Å². The zero-order valence-electron chi connectivity index (χ0n) is 11.4. The van der Waals surface area contributed by atoms with Crippen molar-refractivity contribution in [1.29, 1.82) is 0 Å². The van der Waals surface area contributed by atoms with Crippen molar-refractivity contribution in [3.05, 3.63) is 0 Å².